The van der Waals surface area contributed by atoms with Crippen molar-refractivity contribution in [3.63, 3.8) is 0 Å². The van der Waals surface area contributed by atoms with Gasteiger partial charge in [0.2, 0.25) is 11.8 Å². The summed E-state index contributed by atoms with van der Waals surface area (Å²) in [4.78, 5) is 40.8. The summed E-state index contributed by atoms with van der Waals surface area (Å²) in [6.45, 7) is 12.9. The average Bonchev–Trinajstić information content (AvgIpc) is 3.83. The van der Waals surface area contributed by atoms with Gasteiger partial charge in [0, 0.05) is 85.5 Å². The molecule has 1 N–H and O–H groups in total. The fourth-order valence-corrected chi connectivity index (χ4v) is 9.38. The zero-order chi connectivity index (χ0) is 33.7. The first-order valence-electron chi connectivity index (χ1n) is 18.7. The summed E-state index contributed by atoms with van der Waals surface area (Å²) in [6, 6.07) is 7.59. The summed E-state index contributed by atoms with van der Waals surface area (Å²) in [5.74, 6) is 2.01. The molecular formula is C38H55ClN6O3. The number of nitrogens with zero attached hydrogens (tertiary/aromatic N) is 6. The highest BCUT2D eigenvalue weighted by Crippen LogP contribution is 2.43. The molecule has 7 rings (SSSR count). The van der Waals surface area contributed by atoms with Crippen LogP contribution in [0.3, 0.4) is 0 Å². The van der Waals surface area contributed by atoms with Crippen molar-refractivity contribution in [2.24, 2.45) is 17.8 Å². The van der Waals surface area contributed by atoms with Gasteiger partial charge in [0.1, 0.15) is 12.1 Å². The maximum Gasteiger partial charge on any atom is 0.230 e. The van der Waals surface area contributed by atoms with E-state index in [2.05, 4.69) is 21.3 Å². The molecule has 0 radical (unpaired) electrons. The van der Waals surface area contributed by atoms with E-state index < -0.39 is 6.23 Å². The Labute approximate surface area is 291 Å². The molecular weight excluding hydrogens is 624 g/mol. The highest BCUT2D eigenvalue weighted by atomic mass is 35.5. The first kappa shape index (κ1) is 34.0. The summed E-state index contributed by atoms with van der Waals surface area (Å²) in [6.07, 6.45) is 9.76. The number of aliphatic hydroxyl groups is 1. The lowest BCUT2D eigenvalue weighted by Crippen LogP contribution is -2.48. The lowest BCUT2D eigenvalue weighted by Gasteiger charge is -2.41. The van der Waals surface area contributed by atoms with Gasteiger partial charge in [0.15, 0.2) is 0 Å². The van der Waals surface area contributed by atoms with E-state index in [1.54, 1.807) is 0 Å². The Hall–Kier alpha value is -2.46. The zero-order valence-corrected chi connectivity index (χ0v) is 30.2. The largest absolute Gasteiger partial charge is 0.378 e. The van der Waals surface area contributed by atoms with Crippen LogP contribution in [0.5, 0.6) is 0 Å². The van der Waals surface area contributed by atoms with Crippen molar-refractivity contribution >= 4 is 29.1 Å². The third kappa shape index (κ3) is 6.81. The Bertz CT molecular complexity index is 1480. The Morgan fingerprint density at radius 3 is 2.33 bits per heavy atom. The molecule has 4 atom stereocenters. The number of hydrogen-bond donors (Lipinski definition) is 1. The molecule has 10 heteroatoms. The van der Waals surface area contributed by atoms with Gasteiger partial charge in [-0.3, -0.25) is 19.4 Å². The van der Waals surface area contributed by atoms with E-state index in [1.807, 2.05) is 48.8 Å². The minimum atomic E-state index is -0.455. The number of carbonyl (C=O) groups is 2. The van der Waals surface area contributed by atoms with E-state index in [-0.39, 0.29) is 23.7 Å². The molecule has 0 spiro atoms. The smallest absolute Gasteiger partial charge is 0.230 e. The Morgan fingerprint density at radius 2 is 1.69 bits per heavy atom. The van der Waals surface area contributed by atoms with Gasteiger partial charge in [0.05, 0.1) is 12.2 Å². The molecule has 2 unspecified atom stereocenters. The number of fused-ring (bicyclic) bond motifs is 3. The van der Waals surface area contributed by atoms with E-state index in [1.165, 1.54) is 18.5 Å². The number of piperidine rings is 2. The van der Waals surface area contributed by atoms with Gasteiger partial charge in [-0.05, 0) is 95.2 Å². The summed E-state index contributed by atoms with van der Waals surface area (Å²) in [5, 5.41) is 11.3. The summed E-state index contributed by atoms with van der Waals surface area (Å²) in [7, 11) is 0. The van der Waals surface area contributed by atoms with Crippen LogP contribution in [-0.2, 0) is 22.6 Å². The molecule has 5 heterocycles. The zero-order valence-electron chi connectivity index (χ0n) is 29.4. The van der Waals surface area contributed by atoms with E-state index in [0.29, 0.717) is 42.1 Å². The predicted molar refractivity (Wildman–Crippen MR) is 189 cm³/mol. The number of likely N-dealkylation sites (tertiary alicyclic amines) is 1. The van der Waals surface area contributed by atoms with Crippen LogP contribution in [0.25, 0.3) is 0 Å². The maximum atomic E-state index is 14.1. The van der Waals surface area contributed by atoms with Gasteiger partial charge >= 0.3 is 0 Å². The topological polar surface area (TPSA) is 85.2 Å². The van der Waals surface area contributed by atoms with Crippen LogP contribution in [0.1, 0.15) is 100 Å². The predicted octanol–water partition coefficient (Wildman–Crippen LogP) is 5.73. The Morgan fingerprint density at radius 1 is 0.979 bits per heavy atom. The number of halogens is 1. The van der Waals surface area contributed by atoms with Crippen LogP contribution in [-0.4, -0.2) is 92.2 Å². The van der Waals surface area contributed by atoms with E-state index in [9.17, 15) is 14.7 Å². The first-order valence-corrected chi connectivity index (χ1v) is 19.1. The summed E-state index contributed by atoms with van der Waals surface area (Å²) in [5.41, 5.74) is 4.38. The molecule has 2 aromatic rings. The molecule has 3 saturated heterocycles. The highest BCUT2D eigenvalue weighted by Gasteiger charge is 2.43. The lowest BCUT2D eigenvalue weighted by molar-refractivity contribution is -0.133. The number of aliphatic hydroxyl groups excluding tert-OH is 1. The van der Waals surface area contributed by atoms with Gasteiger partial charge in [0.25, 0.3) is 0 Å². The lowest BCUT2D eigenvalue weighted by atomic mass is 9.93. The number of benzene rings is 1. The van der Waals surface area contributed by atoms with Crippen LogP contribution in [0, 0.1) is 31.6 Å². The standard InChI is InChI=1S/C38H55ClN6O3/c1-24(2)36(46)41-17-12-28(13-18-41)38(48)44(31-9-6-25(3)33(39)22-31)16-5-15-43-29-10-11-30(43)21-32(20-29)45-26(4)40-34-23-42(19-14-35(34)45)37(47)27-7-8-27/h6,9,22,24,27-30,32,36,46H,5,7-8,10-21,23H2,1-4H3/t29-,30+,32?,36?. The minimum Gasteiger partial charge on any atom is -0.378 e. The molecule has 1 aliphatic carbocycles. The molecule has 1 aromatic carbocycles. The molecule has 1 saturated carbocycles. The Balaban J connectivity index is 0.986. The SMILES string of the molecule is Cc1ccc(N(CCCN2[C@@H]3CC[C@H]2CC(n2c(C)nc4c2CCN(C(=O)C2CC2)C4)C3)C(=O)C2CCN(C(O)C(C)C)CC2)cc1Cl. The number of imidazole rings is 1. The summed E-state index contributed by atoms with van der Waals surface area (Å²) >= 11 is 6.58. The minimum absolute atomic E-state index is 0.0455. The quantitative estimate of drug-likeness (QED) is 0.346. The molecule has 9 nitrogen and oxygen atoms in total. The van der Waals surface area contributed by atoms with Gasteiger partial charge in [-0.2, -0.15) is 0 Å². The van der Waals surface area contributed by atoms with Crippen LogP contribution < -0.4 is 4.90 Å². The molecule has 1 aromatic heterocycles. The van der Waals surface area contributed by atoms with Crippen molar-refractivity contribution in [1.82, 2.24) is 24.3 Å². The molecule has 4 fully saturated rings. The number of aromatic nitrogens is 2. The van der Waals surface area contributed by atoms with Crippen molar-refractivity contribution in [3.8, 4) is 0 Å². The van der Waals surface area contributed by atoms with Gasteiger partial charge in [-0.1, -0.05) is 31.5 Å². The first-order chi connectivity index (χ1) is 23.1. The number of amides is 2. The van der Waals surface area contributed by atoms with E-state index >= 15 is 0 Å². The third-order valence-electron chi connectivity index (χ3n) is 12.1. The maximum absolute atomic E-state index is 14.1. The van der Waals surface area contributed by atoms with Crippen LogP contribution in [0.15, 0.2) is 18.2 Å². The van der Waals surface area contributed by atoms with Crippen molar-refractivity contribution < 1.29 is 14.7 Å². The number of carbonyl (C=O) groups excluding carboxylic acids is 2. The van der Waals surface area contributed by atoms with Crippen molar-refractivity contribution in [2.45, 2.75) is 123 Å². The second-order valence-corrected chi connectivity index (χ2v) is 16.1. The van der Waals surface area contributed by atoms with Crippen molar-refractivity contribution in [3.05, 3.63) is 46.0 Å². The number of rotatable bonds is 10. The summed E-state index contributed by atoms with van der Waals surface area (Å²) < 4.78 is 2.55. The second kappa shape index (κ2) is 14.0. The van der Waals surface area contributed by atoms with Crippen molar-refractivity contribution in [2.75, 3.05) is 37.6 Å². The van der Waals surface area contributed by atoms with E-state index in [4.69, 9.17) is 16.6 Å². The van der Waals surface area contributed by atoms with E-state index in [0.717, 1.165) is 100 Å². The van der Waals surface area contributed by atoms with Crippen molar-refractivity contribution in [1.29, 1.82) is 0 Å². The van der Waals surface area contributed by atoms with Gasteiger partial charge in [-0.15, -0.1) is 0 Å². The van der Waals surface area contributed by atoms with Crippen LogP contribution in [0.4, 0.5) is 5.69 Å². The van der Waals surface area contributed by atoms with Gasteiger partial charge < -0.3 is 19.5 Å². The number of aryl methyl sites for hydroxylation is 2. The fraction of sp³-hybridized carbons (Fsp3) is 0.711. The molecule has 48 heavy (non-hydrogen) atoms. The molecule has 2 amide bonds. The molecule has 4 aliphatic heterocycles. The molecule has 2 bridgehead atoms. The number of anilines is 1. The molecule has 262 valence electrons. The normalized spacial score (nSPS) is 25.8. The molecule has 5 aliphatic rings. The fourth-order valence-electron chi connectivity index (χ4n) is 9.20. The second-order valence-electron chi connectivity index (χ2n) is 15.7. The highest BCUT2D eigenvalue weighted by molar-refractivity contribution is 6.31. The van der Waals surface area contributed by atoms with Crippen LogP contribution in [0.2, 0.25) is 5.02 Å². The monoisotopic (exact) mass is 678 g/mol. The average molecular weight is 679 g/mol. The number of hydrogen-bond acceptors (Lipinski definition) is 6. The van der Waals surface area contributed by atoms with Crippen LogP contribution >= 0.6 is 11.6 Å². The Kier molecular flexibility index (Phi) is 9.95. The van der Waals surface area contributed by atoms with Gasteiger partial charge in [-0.25, -0.2) is 4.98 Å². The third-order valence-corrected chi connectivity index (χ3v) is 12.5.